The van der Waals surface area contributed by atoms with Crippen molar-refractivity contribution in [3.63, 3.8) is 0 Å². The van der Waals surface area contributed by atoms with E-state index in [1.807, 2.05) is 12.1 Å². The van der Waals surface area contributed by atoms with E-state index in [-0.39, 0.29) is 66.3 Å². The van der Waals surface area contributed by atoms with Crippen LogP contribution in [-0.2, 0) is 11.8 Å². The van der Waals surface area contributed by atoms with Gasteiger partial charge in [-0.3, -0.25) is 0 Å². The fourth-order valence-corrected chi connectivity index (χ4v) is 11.2. The van der Waals surface area contributed by atoms with Crippen LogP contribution in [-0.4, -0.2) is 9.13 Å². The molecule has 0 bridgehead atoms. The van der Waals surface area contributed by atoms with Crippen molar-refractivity contribution in [1.29, 1.82) is 0 Å². The number of fused-ring (bicyclic) bond motifs is 9. The maximum Gasteiger partial charge on any atom is 0.0645 e. The average molecular weight is 883 g/mol. The van der Waals surface area contributed by atoms with Gasteiger partial charge >= 0.3 is 0 Å². The molecular weight excluding hydrogens is 797 g/mol. The zero-order valence-electron chi connectivity index (χ0n) is 54.8. The molecule has 9 aromatic rings. The van der Waals surface area contributed by atoms with Crippen LogP contribution in [0.1, 0.15) is 174 Å². The topological polar surface area (TPSA) is 9.86 Å². The van der Waals surface area contributed by atoms with Gasteiger partial charge in [0.25, 0.3) is 0 Å². The highest BCUT2D eigenvalue weighted by atomic mass is 15.0. The number of rotatable bonds is 21. The van der Waals surface area contributed by atoms with Crippen LogP contribution in [0.3, 0.4) is 0 Å². The highest BCUT2D eigenvalue weighted by Gasteiger charge is 2.42. The van der Waals surface area contributed by atoms with Gasteiger partial charge in [0.1, 0.15) is 0 Å². The van der Waals surface area contributed by atoms with E-state index in [1.54, 1.807) is 6.07 Å². The number of hydrogen-bond donors (Lipinski definition) is 0. The lowest BCUT2D eigenvalue weighted by molar-refractivity contribution is 0.397. The van der Waals surface area contributed by atoms with Crippen LogP contribution >= 0.6 is 0 Å². The van der Waals surface area contributed by atoms with Crippen molar-refractivity contribution < 1.29 is 21.9 Å². The first kappa shape index (κ1) is 29.0. The number of nitrogens with zero attached hydrogens (tertiary/aromatic N) is 2. The summed E-state index contributed by atoms with van der Waals surface area (Å²) in [6.07, 6.45) is 18.4. The van der Waals surface area contributed by atoms with Crippen molar-refractivity contribution >= 4 is 43.6 Å². The molecule has 0 saturated carbocycles. The third kappa shape index (κ3) is 8.31. The van der Waals surface area contributed by atoms with Gasteiger partial charge in [-0.25, -0.2) is 0 Å². The molecule has 336 valence electrons. The summed E-state index contributed by atoms with van der Waals surface area (Å²) in [5, 5.41) is -0.467. The molecule has 1 unspecified atom stereocenters. The van der Waals surface area contributed by atoms with Crippen molar-refractivity contribution in [2.75, 3.05) is 0 Å². The molecule has 0 spiro atoms. The monoisotopic (exact) mass is 883 g/mol. The summed E-state index contributed by atoms with van der Waals surface area (Å²) in [4.78, 5) is 0. The minimum atomic E-state index is -0.589. The summed E-state index contributed by atoms with van der Waals surface area (Å²) in [5.74, 6) is 0.0293. The van der Waals surface area contributed by atoms with Gasteiger partial charge in [0.05, 0.1) is 44.0 Å². The van der Waals surface area contributed by atoms with E-state index in [2.05, 4.69) is 63.2 Å². The number of para-hydroxylation sites is 4. The van der Waals surface area contributed by atoms with Gasteiger partial charge in [-0.2, -0.15) is 0 Å². The largest absolute Gasteiger partial charge is 0.309 e. The molecule has 0 N–H and O–H groups in total. The number of aromatic nitrogens is 2. The lowest BCUT2D eigenvalue weighted by Crippen LogP contribution is -2.26. The molecule has 0 radical (unpaired) electrons. The molecule has 0 amide bonds. The Morgan fingerprint density at radius 2 is 0.924 bits per heavy atom. The van der Waals surface area contributed by atoms with Crippen molar-refractivity contribution in [3.05, 3.63) is 180 Å². The fraction of sp³-hybridized carbons (Fsp3) is 0.344. The van der Waals surface area contributed by atoms with E-state index >= 15 is 0 Å². The van der Waals surface area contributed by atoms with E-state index < -0.39 is 96.7 Å². The van der Waals surface area contributed by atoms with Crippen LogP contribution in [0.4, 0.5) is 0 Å². The van der Waals surface area contributed by atoms with Crippen molar-refractivity contribution in [1.82, 2.24) is 9.13 Å². The quantitative estimate of drug-likeness (QED) is 0.0637. The second-order valence-electron chi connectivity index (χ2n) is 18.5. The van der Waals surface area contributed by atoms with E-state index in [4.69, 9.17) is 16.4 Å². The van der Waals surface area contributed by atoms with E-state index in [1.165, 1.54) is 101 Å². The lowest BCUT2D eigenvalue weighted by atomic mass is 9.70. The lowest BCUT2D eigenvalue weighted by Gasteiger charge is -2.33. The molecule has 1 aliphatic carbocycles. The first-order chi connectivity index (χ1) is 39.3. The molecule has 0 saturated heterocycles. The zero-order valence-corrected chi connectivity index (χ0v) is 38.8. The van der Waals surface area contributed by atoms with Crippen LogP contribution in [0.2, 0.25) is 0 Å². The molecule has 0 aliphatic heterocycles. The maximum atomic E-state index is 9.37. The molecule has 1 aliphatic rings. The van der Waals surface area contributed by atoms with Crippen LogP contribution in [0.25, 0.3) is 66.1 Å². The predicted octanol–water partition coefficient (Wildman–Crippen LogP) is 18.8. The molecule has 7 aromatic carbocycles. The Balaban J connectivity index is 1.18. The summed E-state index contributed by atoms with van der Waals surface area (Å²) in [6.45, 7) is 6.67. The molecule has 1 atom stereocenters. The third-order valence-corrected chi connectivity index (χ3v) is 14.5. The van der Waals surface area contributed by atoms with Crippen LogP contribution < -0.4 is 0 Å². The molecule has 2 nitrogen and oxygen atoms in total. The van der Waals surface area contributed by atoms with E-state index in [0.29, 0.717) is 18.4 Å². The van der Waals surface area contributed by atoms with Gasteiger partial charge in [0.15, 0.2) is 0 Å². The summed E-state index contributed by atoms with van der Waals surface area (Å²) in [7, 11) is 0. The molecule has 10 rings (SSSR count). The first-order valence-electron chi connectivity index (χ1n) is 32.7. The van der Waals surface area contributed by atoms with Gasteiger partial charge in [-0.1, -0.05) is 213 Å². The predicted molar refractivity (Wildman–Crippen MR) is 285 cm³/mol. The van der Waals surface area contributed by atoms with Gasteiger partial charge in [0.2, 0.25) is 0 Å². The second kappa shape index (κ2) is 19.9. The Morgan fingerprint density at radius 3 is 1.42 bits per heavy atom. The maximum absolute atomic E-state index is 9.37. The SMILES string of the molecule is [2H]c1c([2H])c([2H])c2c(c1[2H])c1c([2H])c([2H])c([2H])c([2H])c1n2-c1cc(CCC(CC)c2ccc3c(c2)C(CCCCCCCC)(CCCCCCCC)c2ccccc2-3)cc(-n2c3c([2H])c([2H])c([2H])c([2H])c3c3c([2H])c([2H])c([2H])c([2H])c32)c1. The molecule has 2 heterocycles. The fourth-order valence-electron chi connectivity index (χ4n) is 11.2. The molecule has 2 heteroatoms. The van der Waals surface area contributed by atoms with Crippen LogP contribution in [0.5, 0.6) is 0 Å². The molecular formula is C64H70N2. The summed E-state index contributed by atoms with van der Waals surface area (Å²) in [6, 6.07) is 12.5. The van der Waals surface area contributed by atoms with Crippen LogP contribution in [0, 0.1) is 0 Å². The summed E-state index contributed by atoms with van der Waals surface area (Å²) < 4.78 is 147. The van der Waals surface area contributed by atoms with Crippen molar-refractivity contribution in [2.24, 2.45) is 0 Å². The Hall–Kier alpha value is -5.86. The highest BCUT2D eigenvalue weighted by Crippen LogP contribution is 2.55. The Kier molecular flexibility index (Phi) is 8.76. The molecule has 66 heavy (non-hydrogen) atoms. The van der Waals surface area contributed by atoms with Gasteiger partial charge in [-0.05, 0) is 114 Å². The van der Waals surface area contributed by atoms with Crippen molar-refractivity contribution in [3.8, 4) is 22.5 Å². The minimum absolute atomic E-state index is 0.0293. The van der Waals surface area contributed by atoms with E-state index in [0.717, 1.165) is 32.1 Å². The normalized spacial score (nSPS) is 17.0. The first-order valence-corrected chi connectivity index (χ1v) is 24.7. The second-order valence-corrected chi connectivity index (χ2v) is 18.5. The number of hydrogen-bond acceptors (Lipinski definition) is 0. The van der Waals surface area contributed by atoms with E-state index in [9.17, 15) is 5.48 Å². The number of unbranched alkanes of at least 4 members (excludes halogenated alkanes) is 10. The summed E-state index contributed by atoms with van der Waals surface area (Å²) in [5.41, 5.74) is 7.03. The number of benzene rings is 7. The van der Waals surface area contributed by atoms with Gasteiger partial charge in [-0.15, -0.1) is 0 Å². The van der Waals surface area contributed by atoms with Crippen LogP contribution in [0.15, 0.2) is 157 Å². The number of aryl methyl sites for hydroxylation is 1. The average Bonchev–Trinajstić information content (AvgIpc) is 2.82. The Morgan fingerprint density at radius 1 is 0.470 bits per heavy atom. The van der Waals surface area contributed by atoms with Crippen molar-refractivity contribution in [2.45, 2.75) is 141 Å². The molecule has 0 fully saturated rings. The smallest absolute Gasteiger partial charge is 0.0645 e. The zero-order chi connectivity index (χ0) is 58.8. The Bertz CT molecular complexity index is 3660. The van der Waals surface area contributed by atoms with Gasteiger partial charge in [0, 0.05) is 38.3 Å². The summed E-state index contributed by atoms with van der Waals surface area (Å²) >= 11 is 0. The minimum Gasteiger partial charge on any atom is -0.309 e. The Labute approximate surface area is 417 Å². The third-order valence-electron chi connectivity index (χ3n) is 14.5. The van der Waals surface area contributed by atoms with Gasteiger partial charge < -0.3 is 9.13 Å². The molecule has 2 aromatic heterocycles. The standard InChI is InChI=1S/C64H70N2/c1-4-7-9-11-13-25-41-64(42-26-14-12-10-8-5-2)58-32-20-15-27-52(58)53-40-39-49(45-59(53)64)48(6-3)38-37-47-43-50(65-60-33-21-16-28-54(60)55-29-17-22-34-61(55)65)46-51(44-47)66-62-35-23-18-30-56(62)57-31-19-24-36-63(57)66/h15-24,27-36,39-40,43-46,48H,4-14,25-26,37-38,41-42H2,1-3H3/i16D,17D,18D,19D,21D,22D,23D,24D,28D,29D,30D,31D,33D,34D,35D,36D. The highest BCUT2D eigenvalue weighted by molar-refractivity contribution is 6.10.